The van der Waals surface area contributed by atoms with Crippen LogP contribution in [-0.4, -0.2) is 12.5 Å². The van der Waals surface area contributed by atoms with Crippen LogP contribution in [0.25, 0.3) is 10.1 Å². The maximum absolute atomic E-state index is 12.1. The number of amides is 1. The van der Waals surface area contributed by atoms with E-state index < -0.39 is 0 Å². The van der Waals surface area contributed by atoms with Crippen LogP contribution in [0.5, 0.6) is 0 Å². The second kappa shape index (κ2) is 6.21. The fraction of sp³-hybridized carbons (Fsp3) is 0.214. The number of anilines is 1. The topological polar surface area (TPSA) is 55.1 Å². The van der Waals surface area contributed by atoms with E-state index in [-0.39, 0.29) is 5.91 Å². The fourth-order valence-electron chi connectivity index (χ4n) is 1.81. The Labute approximate surface area is 124 Å². The smallest absolute Gasteiger partial charge is 0.263 e. The third-order valence-corrected chi connectivity index (χ3v) is 4.57. The number of nitrogen functional groups attached to an aromatic ring is 1. The average Bonchev–Trinajstić information content (AvgIpc) is 2.73. The lowest BCUT2D eigenvalue weighted by Crippen LogP contribution is -2.23. The molecular formula is C14H15BrN2OS. The number of thiophene rings is 1. The molecule has 2 aromatic rings. The highest BCUT2D eigenvalue weighted by atomic mass is 79.9. The molecule has 100 valence electrons. The first-order valence-corrected chi connectivity index (χ1v) is 7.62. The van der Waals surface area contributed by atoms with Crippen molar-refractivity contribution in [3.05, 3.63) is 39.7 Å². The lowest BCUT2D eigenvalue weighted by Gasteiger charge is -2.02. The molecular weight excluding hydrogens is 324 g/mol. The zero-order chi connectivity index (χ0) is 13.8. The Morgan fingerprint density at radius 2 is 2.32 bits per heavy atom. The predicted molar refractivity (Wildman–Crippen MR) is 85.7 cm³/mol. The molecule has 0 radical (unpaired) electrons. The van der Waals surface area contributed by atoms with Crippen LogP contribution in [0.2, 0.25) is 0 Å². The van der Waals surface area contributed by atoms with Crippen LogP contribution in [-0.2, 0) is 0 Å². The molecule has 0 aliphatic carbocycles. The van der Waals surface area contributed by atoms with Crippen molar-refractivity contribution < 1.29 is 4.79 Å². The number of allylic oxidation sites excluding steroid dienone is 1. The SMILES string of the molecule is C/C=C/CCNC(=O)c1sc2cccc(Br)c2c1N. The summed E-state index contributed by atoms with van der Waals surface area (Å²) in [4.78, 5) is 12.7. The van der Waals surface area contributed by atoms with E-state index in [0.717, 1.165) is 21.0 Å². The molecule has 3 N–H and O–H groups in total. The van der Waals surface area contributed by atoms with Gasteiger partial charge in [-0.2, -0.15) is 0 Å². The van der Waals surface area contributed by atoms with Gasteiger partial charge in [-0.1, -0.05) is 34.1 Å². The Hall–Kier alpha value is -1.33. The molecule has 1 amide bonds. The standard InChI is InChI=1S/C14H15BrN2OS/c1-2-3-4-8-17-14(18)13-12(16)11-9(15)6-5-7-10(11)19-13/h2-3,5-7H,4,8,16H2,1H3,(H,17,18)/b3-2+. The van der Waals surface area contributed by atoms with E-state index in [9.17, 15) is 4.79 Å². The Bertz CT molecular complexity index is 634. The van der Waals surface area contributed by atoms with E-state index in [0.29, 0.717) is 17.1 Å². The van der Waals surface area contributed by atoms with Gasteiger partial charge in [-0.05, 0) is 25.5 Å². The summed E-state index contributed by atoms with van der Waals surface area (Å²) >= 11 is 4.89. The molecule has 0 aliphatic heterocycles. The monoisotopic (exact) mass is 338 g/mol. The molecule has 3 nitrogen and oxygen atoms in total. The summed E-state index contributed by atoms with van der Waals surface area (Å²) in [5.74, 6) is -0.102. The second-order valence-corrected chi connectivity index (χ2v) is 5.98. The maximum Gasteiger partial charge on any atom is 0.263 e. The number of hydrogen-bond donors (Lipinski definition) is 2. The largest absolute Gasteiger partial charge is 0.397 e. The zero-order valence-electron chi connectivity index (χ0n) is 10.6. The number of carbonyl (C=O) groups is 1. The normalized spacial score (nSPS) is 11.3. The maximum atomic E-state index is 12.1. The first kappa shape index (κ1) is 14.1. The van der Waals surface area contributed by atoms with Crippen molar-refractivity contribution in [1.82, 2.24) is 5.32 Å². The third-order valence-electron chi connectivity index (χ3n) is 2.74. The molecule has 5 heteroatoms. The van der Waals surface area contributed by atoms with E-state index in [1.165, 1.54) is 11.3 Å². The van der Waals surface area contributed by atoms with Crippen LogP contribution >= 0.6 is 27.3 Å². The third kappa shape index (κ3) is 2.98. The van der Waals surface area contributed by atoms with Crippen LogP contribution in [0, 0.1) is 0 Å². The highest BCUT2D eigenvalue weighted by Crippen LogP contribution is 2.37. The Kier molecular flexibility index (Phi) is 4.61. The van der Waals surface area contributed by atoms with Gasteiger partial charge in [0.2, 0.25) is 0 Å². The lowest BCUT2D eigenvalue weighted by molar-refractivity contribution is 0.0959. The van der Waals surface area contributed by atoms with Gasteiger partial charge in [0.05, 0.1) is 5.69 Å². The first-order valence-electron chi connectivity index (χ1n) is 6.01. The molecule has 2 rings (SSSR count). The number of nitrogens with two attached hydrogens (primary N) is 1. The van der Waals surface area contributed by atoms with Gasteiger partial charge in [0.1, 0.15) is 4.88 Å². The van der Waals surface area contributed by atoms with Crippen molar-refractivity contribution in [3.8, 4) is 0 Å². The van der Waals surface area contributed by atoms with Crippen molar-refractivity contribution in [2.24, 2.45) is 0 Å². The minimum absolute atomic E-state index is 0.102. The van der Waals surface area contributed by atoms with E-state index in [2.05, 4.69) is 21.2 Å². The Morgan fingerprint density at radius 3 is 3.00 bits per heavy atom. The number of fused-ring (bicyclic) bond motifs is 1. The molecule has 0 saturated heterocycles. The van der Waals surface area contributed by atoms with Gasteiger partial charge in [-0.3, -0.25) is 4.79 Å². The first-order chi connectivity index (χ1) is 9.15. The summed E-state index contributed by atoms with van der Waals surface area (Å²) in [6.07, 6.45) is 4.82. The lowest BCUT2D eigenvalue weighted by atomic mass is 10.2. The molecule has 1 aromatic heterocycles. The van der Waals surface area contributed by atoms with E-state index in [1.54, 1.807) is 0 Å². The number of nitrogens with one attached hydrogen (secondary N) is 1. The van der Waals surface area contributed by atoms with Gasteiger partial charge in [0.25, 0.3) is 5.91 Å². The number of carbonyl (C=O) groups excluding carboxylic acids is 1. The van der Waals surface area contributed by atoms with Gasteiger partial charge in [0, 0.05) is 21.1 Å². The van der Waals surface area contributed by atoms with Gasteiger partial charge < -0.3 is 11.1 Å². The number of halogens is 1. The Balaban J connectivity index is 2.23. The molecule has 0 atom stereocenters. The van der Waals surface area contributed by atoms with Crippen LogP contribution in [0.4, 0.5) is 5.69 Å². The van der Waals surface area contributed by atoms with Crippen molar-refractivity contribution in [1.29, 1.82) is 0 Å². The van der Waals surface area contributed by atoms with Crippen LogP contribution < -0.4 is 11.1 Å². The average molecular weight is 339 g/mol. The van der Waals surface area contributed by atoms with Gasteiger partial charge in [0.15, 0.2) is 0 Å². The molecule has 0 saturated carbocycles. The quantitative estimate of drug-likeness (QED) is 0.655. The van der Waals surface area contributed by atoms with Gasteiger partial charge >= 0.3 is 0 Å². The molecule has 0 fully saturated rings. The molecule has 0 spiro atoms. The highest BCUT2D eigenvalue weighted by molar-refractivity contribution is 9.10. The summed E-state index contributed by atoms with van der Waals surface area (Å²) in [5.41, 5.74) is 6.63. The van der Waals surface area contributed by atoms with Gasteiger partial charge in [-0.15, -0.1) is 11.3 Å². The number of rotatable bonds is 4. The molecule has 1 aromatic carbocycles. The van der Waals surface area contributed by atoms with E-state index in [4.69, 9.17) is 5.73 Å². The minimum atomic E-state index is -0.102. The summed E-state index contributed by atoms with van der Waals surface area (Å²) in [6.45, 7) is 2.58. The summed E-state index contributed by atoms with van der Waals surface area (Å²) in [7, 11) is 0. The molecule has 19 heavy (non-hydrogen) atoms. The Morgan fingerprint density at radius 1 is 1.53 bits per heavy atom. The fourth-order valence-corrected chi connectivity index (χ4v) is 3.59. The van der Waals surface area contributed by atoms with Crippen molar-refractivity contribution in [3.63, 3.8) is 0 Å². The van der Waals surface area contributed by atoms with Crippen LogP contribution in [0.1, 0.15) is 23.0 Å². The van der Waals surface area contributed by atoms with Crippen molar-refractivity contribution in [2.75, 3.05) is 12.3 Å². The molecule has 0 bridgehead atoms. The summed E-state index contributed by atoms with van der Waals surface area (Å²) < 4.78 is 1.94. The van der Waals surface area contributed by atoms with E-state index in [1.807, 2.05) is 37.3 Å². The van der Waals surface area contributed by atoms with Crippen LogP contribution in [0.3, 0.4) is 0 Å². The molecule has 1 heterocycles. The number of hydrogen-bond acceptors (Lipinski definition) is 3. The van der Waals surface area contributed by atoms with Crippen LogP contribution in [0.15, 0.2) is 34.8 Å². The summed E-state index contributed by atoms with van der Waals surface area (Å²) in [5, 5.41) is 3.80. The van der Waals surface area contributed by atoms with E-state index >= 15 is 0 Å². The minimum Gasteiger partial charge on any atom is -0.397 e. The van der Waals surface area contributed by atoms with Crippen molar-refractivity contribution >= 4 is 48.9 Å². The van der Waals surface area contributed by atoms with Crippen molar-refractivity contribution in [2.45, 2.75) is 13.3 Å². The molecule has 0 unspecified atom stereocenters. The highest BCUT2D eigenvalue weighted by Gasteiger charge is 2.17. The predicted octanol–water partition coefficient (Wildman–Crippen LogP) is 3.94. The summed E-state index contributed by atoms with van der Waals surface area (Å²) in [6, 6.07) is 5.84. The number of benzene rings is 1. The second-order valence-electron chi connectivity index (χ2n) is 4.07. The zero-order valence-corrected chi connectivity index (χ0v) is 13.0. The molecule has 0 aliphatic rings. The van der Waals surface area contributed by atoms with Gasteiger partial charge in [-0.25, -0.2) is 0 Å².